The van der Waals surface area contributed by atoms with Crippen molar-refractivity contribution in [3.63, 3.8) is 0 Å². The van der Waals surface area contributed by atoms with Crippen LogP contribution in [0.5, 0.6) is 0 Å². The van der Waals surface area contributed by atoms with E-state index in [1.165, 1.54) is 0 Å². The SMILES string of the molecule is COC(=O)[C@H](OC(C)=O)[C@@H](OC(C)=O)[C@H](OC(C)=O)C(=O)COC(C)=O. The van der Waals surface area contributed by atoms with Gasteiger partial charge in [0.1, 0.15) is 0 Å². The molecule has 0 aromatic heterocycles. The number of ketones is 1. The Labute approximate surface area is 148 Å². The van der Waals surface area contributed by atoms with Crippen LogP contribution in [0.4, 0.5) is 0 Å². The number of hydrogen-bond acceptors (Lipinski definition) is 11. The summed E-state index contributed by atoms with van der Waals surface area (Å²) >= 11 is 0. The molecule has 0 saturated heterocycles. The van der Waals surface area contributed by atoms with E-state index in [-0.39, 0.29) is 0 Å². The quantitative estimate of drug-likeness (QED) is 0.363. The lowest BCUT2D eigenvalue weighted by Crippen LogP contribution is -2.53. The Morgan fingerprint density at radius 3 is 1.54 bits per heavy atom. The highest BCUT2D eigenvalue weighted by Crippen LogP contribution is 2.17. The molecule has 0 amide bonds. The molecule has 0 radical (unpaired) electrons. The van der Waals surface area contributed by atoms with Gasteiger partial charge in [-0.25, -0.2) is 4.79 Å². The molecular weight excluding hydrogens is 356 g/mol. The van der Waals surface area contributed by atoms with E-state index in [0.29, 0.717) is 0 Å². The fraction of sp³-hybridized carbons (Fsp3) is 0.600. The van der Waals surface area contributed by atoms with Crippen LogP contribution in [0.1, 0.15) is 27.7 Å². The van der Waals surface area contributed by atoms with Crippen molar-refractivity contribution in [3.8, 4) is 0 Å². The van der Waals surface area contributed by atoms with Crippen LogP contribution in [0.3, 0.4) is 0 Å². The molecule has 11 nitrogen and oxygen atoms in total. The van der Waals surface area contributed by atoms with Crippen LogP contribution in [-0.2, 0) is 52.5 Å². The first-order valence-corrected chi connectivity index (χ1v) is 7.25. The summed E-state index contributed by atoms with van der Waals surface area (Å²) in [4.78, 5) is 69.0. The molecule has 146 valence electrons. The van der Waals surface area contributed by atoms with E-state index in [9.17, 15) is 28.8 Å². The second-order valence-corrected chi connectivity index (χ2v) is 4.90. The number of rotatable bonds is 9. The van der Waals surface area contributed by atoms with Crippen molar-refractivity contribution in [1.82, 2.24) is 0 Å². The Hall–Kier alpha value is -2.98. The minimum absolute atomic E-state index is 0.798. The van der Waals surface area contributed by atoms with Gasteiger partial charge in [0.15, 0.2) is 12.7 Å². The third-order valence-corrected chi connectivity index (χ3v) is 2.65. The minimum Gasteiger partial charge on any atom is -0.466 e. The third kappa shape index (κ3) is 8.22. The van der Waals surface area contributed by atoms with Crippen LogP contribution in [-0.4, -0.2) is 67.7 Å². The minimum atomic E-state index is -1.90. The largest absolute Gasteiger partial charge is 0.466 e. The Bertz CT molecular complexity index is 580. The van der Waals surface area contributed by atoms with E-state index in [1.54, 1.807) is 0 Å². The molecular formula is C15H20O11. The summed E-state index contributed by atoms with van der Waals surface area (Å²) < 4.78 is 23.4. The molecule has 26 heavy (non-hydrogen) atoms. The summed E-state index contributed by atoms with van der Waals surface area (Å²) in [5.74, 6) is -5.85. The molecule has 0 aromatic carbocycles. The summed E-state index contributed by atoms with van der Waals surface area (Å²) in [7, 11) is 0.963. The zero-order valence-corrected chi connectivity index (χ0v) is 14.9. The molecule has 0 N–H and O–H groups in total. The summed E-state index contributed by atoms with van der Waals surface area (Å²) in [6, 6.07) is 0. The van der Waals surface area contributed by atoms with Crippen LogP contribution in [0.15, 0.2) is 0 Å². The van der Waals surface area contributed by atoms with Crippen LogP contribution in [0, 0.1) is 0 Å². The predicted molar refractivity (Wildman–Crippen MR) is 80.3 cm³/mol. The molecule has 0 bridgehead atoms. The first-order valence-electron chi connectivity index (χ1n) is 7.25. The number of esters is 5. The maximum atomic E-state index is 12.3. The third-order valence-electron chi connectivity index (χ3n) is 2.65. The monoisotopic (exact) mass is 376 g/mol. The zero-order chi connectivity index (χ0) is 20.4. The first kappa shape index (κ1) is 23.0. The number of methoxy groups -OCH3 is 1. The van der Waals surface area contributed by atoms with Crippen LogP contribution in [0.2, 0.25) is 0 Å². The van der Waals surface area contributed by atoms with Crippen molar-refractivity contribution in [2.24, 2.45) is 0 Å². The number of carbonyl (C=O) groups excluding carboxylic acids is 6. The maximum absolute atomic E-state index is 12.3. The lowest BCUT2D eigenvalue weighted by atomic mass is 10.0. The molecule has 11 heteroatoms. The van der Waals surface area contributed by atoms with Crippen molar-refractivity contribution in [3.05, 3.63) is 0 Å². The average molecular weight is 376 g/mol. The van der Waals surface area contributed by atoms with Crippen LogP contribution >= 0.6 is 0 Å². The molecule has 0 fully saturated rings. The van der Waals surface area contributed by atoms with Gasteiger partial charge in [0.05, 0.1) is 7.11 Å². The van der Waals surface area contributed by atoms with Gasteiger partial charge in [-0.15, -0.1) is 0 Å². The second-order valence-electron chi connectivity index (χ2n) is 4.90. The molecule has 0 heterocycles. The summed E-state index contributed by atoms with van der Waals surface area (Å²) in [6.07, 6.45) is -5.64. The maximum Gasteiger partial charge on any atom is 0.351 e. The topological polar surface area (TPSA) is 149 Å². The van der Waals surface area contributed by atoms with E-state index >= 15 is 0 Å². The zero-order valence-electron chi connectivity index (χ0n) is 14.9. The smallest absolute Gasteiger partial charge is 0.351 e. The highest BCUT2D eigenvalue weighted by Gasteiger charge is 2.45. The lowest BCUT2D eigenvalue weighted by Gasteiger charge is -2.29. The van der Waals surface area contributed by atoms with Crippen molar-refractivity contribution in [2.75, 3.05) is 13.7 Å². The fourth-order valence-corrected chi connectivity index (χ4v) is 1.77. The Kier molecular flexibility index (Phi) is 9.56. The number of hydrogen-bond donors (Lipinski definition) is 0. The molecule has 0 spiro atoms. The van der Waals surface area contributed by atoms with Crippen LogP contribution < -0.4 is 0 Å². The van der Waals surface area contributed by atoms with Crippen molar-refractivity contribution < 1.29 is 52.5 Å². The van der Waals surface area contributed by atoms with Crippen molar-refractivity contribution in [2.45, 2.75) is 46.0 Å². The molecule has 0 unspecified atom stereocenters. The van der Waals surface area contributed by atoms with E-state index in [4.69, 9.17) is 14.2 Å². The Balaban J connectivity index is 5.90. The molecule has 0 aliphatic carbocycles. The van der Waals surface area contributed by atoms with Gasteiger partial charge in [0.25, 0.3) is 0 Å². The van der Waals surface area contributed by atoms with Crippen molar-refractivity contribution >= 4 is 35.6 Å². The molecule has 0 rings (SSSR count). The second kappa shape index (κ2) is 10.8. The van der Waals surface area contributed by atoms with Gasteiger partial charge in [-0.1, -0.05) is 0 Å². The first-order chi connectivity index (χ1) is 12.0. The summed E-state index contributed by atoms with van der Waals surface area (Å²) in [5.41, 5.74) is 0. The van der Waals surface area contributed by atoms with Crippen LogP contribution in [0.25, 0.3) is 0 Å². The lowest BCUT2D eigenvalue weighted by molar-refractivity contribution is -0.194. The van der Waals surface area contributed by atoms with E-state index in [2.05, 4.69) is 9.47 Å². The number of Topliss-reactive ketones (excluding diaryl/α,β-unsaturated/α-hetero) is 1. The van der Waals surface area contributed by atoms with E-state index in [0.717, 1.165) is 34.8 Å². The van der Waals surface area contributed by atoms with Gasteiger partial charge in [0, 0.05) is 27.7 Å². The normalized spacial score (nSPS) is 13.4. The number of ether oxygens (including phenoxy) is 5. The number of carbonyl (C=O) groups is 6. The van der Waals surface area contributed by atoms with Gasteiger partial charge in [-0.3, -0.25) is 24.0 Å². The van der Waals surface area contributed by atoms with Gasteiger partial charge in [-0.2, -0.15) is 0 Å². The Morgan fingerprint density at radius 2 is 1.15 bits per heavy atom. The molecule has 3 atom stereocenters. The highest BCUT2D eigenvalue weighted by atomic mass is 16.6. The molecule has 0 aliphatic heterocycles. The van der Waals surface area contributed by atoms with Crippen molar-refractivity contribution in [1.29, 1.82) is 0 Å². The van der Waals surface area contributed by atoms with Gasteiger partial charge in [0.2, 0.25) is 18.0 Å². The molecule has 0 saturated carbocycles. The summed E-state index contributed by atoms with van der Waals surface area (Å²) in [6.45, 7) is 3.07. The van der Waals surface area contributed by atoms with E-state index < -0.39 is 60.5 Å². The van der Waals surface area contributed by atoms with Gasteiger partial charge >= 0.3 is 29.8 Å². The standard InChI is InChI=1S/C15H20O11/c1-7(16)23-6-11(20)12(24-8(2)17)13(25-9(3)18)14(15(21)22-5)26-10(4)19/h12-14H,6H2,1-5H3/t12-,13+,14-/m1/s1. The predicted octanol–water partition coefficient (Wildman–Crippen LogP) is -0.913. The molecule has 0 aromatic rings. The average Bonchev–Trinajstić information content (AvgIpc) is 2.52. The molecule has 0 aliphatic rings. The van der Waals surface area contributed by atoms with Gasteiger partial charge in [-0.05, 0) is 0 Å². The highest BCUT2D eigenvalue weighted by molar-refractivity contribution is 5.90. The Morgan fingerprint density at radius 1 is 0.692 bits per heavy atom. The van der Waals surface area contributed by atoms with E-state index in [1.807, 2.05) is 0 Å². The van der Waals surface area contributed by atoms with Gasteiger partial charge < -0.3 is 23.7 Å². The summed E-state index contributed by atoms with van der Waals surface area (Å²) in [5, 5.41) is 0. The fourth-order valence-electron chi connectivity index (χ4n) is 1.77.